The maximum absolute atomic E-state index is 11.4. The predicted octanol–water partition coefficient (Wildman–Crippen LogP) is 0.298. The standard InChI is InChI=1S/C11H18N4O2/c16-11(13-10-3-8-17-14-10)9-12-4-7-15-5-1-2-6-15/h3,8,12H,1-2,4-7,9H2,(H,13,14,16). The van der Waals surface area contributed by atoms with Crippen LogP contribution in [0.3, 0.4) is 0 Å². The van der Waals surface area contributed by atoms with E-state index in [1.165, 1.54) is 32.2 Å². The second kappa shape index (κ2) is 6.36. The van der Waals surface area contributed by atoms with E-state index in [9.17, 15) is 4.79 Å². The molecule has 1 saturated heterocycles. The van der Waals surface area contributed by atoms with Crippen molar-refractivity contribution in [1.29, 1.82) is 0 Å². The number of nitrogens with zero attached hydrogens (tertiary/aromatic N) is 2. The van der Waals surface area contributed by atoms with Gasteiger partial charge in [-0.15, -0.1) is 0 Å². The third-order valence-corrected chi connectivity index (χ3v) is 2.79. The van der Waals surface area contributed by atoms with Gasteiger partial charge in [0, 0.05) is 19.2 Å². The molecule has 0 aliphatic carbocycles. The van der Waals surface area contributed by atoms with Crippen LogP contribution in [0.1, 0.15) is 12.8 Å². The van der Waals surface area contributed by atoms with E-state index >= 15 is 0 Å². The smallest absolute Gasteiger partial charge is 0.239 e. The quantitative estimate of drug-likeness (QED) is 0.697. The van der Waals surface area contributed by atoms with Crippen LogP contribution in [0, 0.1) is 0 Å². The van der Waals surface area contributed by atoms with Crippen molar-refractivity contribution in [3.63, 3.8) is 0 Å². The zero-order chi connectivity index (χ0) is 11.9. The van der Waals surface area contributed by atoms with Crippen LogP contribution in [0.4, 0.5) is 5.82 Å². The van der Waals surface area contributed by atoms with E-state index in [-0.39, 0.29) is 5.91 Å². The van der Waals surface area contributed by atoms with Crippen molar-refractivity contribution in [1.82, 2.24) is 15.4 Å². The largest absolute Gasteiger partial charge is 0.363 e. The van der Waals surface area contributed by atoms with Crippen LogP contribution in [0.15, 0.2) is 16.9 Å². The number of likely N-dealkylation sites (tertiary alicyclic amines) is 1. The zero-order valence-electron chi connectivity index (χ0n) is 9.82. The number of nitrogens with one attached hydrogen (secondary N) is 2. The number of carbonyl (C=O) groups excluding carboxylic acids is 1. The molecule has 0 saturated carbocycles. The Balaban J connectivity index is 1.54. The Labute approximate surface area is 100 Å². The molecule has 0 atom stereocenters. The van der Waals surface area contributed by atoms with Crippen molar-refractivity contribution in [2.24, 2.45) is 0 Å². The van der Waals surface area contributed by atoms with E-state index < -0.39 is 0 Å². The highest BCUT2D eigenvalue weighted by Gasteiger charge is 2.10. The number of rotatable bonds is 6. The number of carbonyl (C=O) groups is 1. The van der Waals surface area contributed by atoms with Gasteiger partial charge < -0.3 is 20.1 Å². The van der Waals surface area contributed by atoms with Gasteiger partial charge in [-0.3, -0.25) is 4.79 Å². The van der Waals surface area contributed by atoms with E-state index in [4.69, 9.17) is 0 Å². The molecule has 1 aliphatic rings. The fourth-order valence-electron chi connectivity index (χ4n) is 1.91. The van der Waals surface area contributed by atoms with Gasteiger partial charge in [0.1, 0.15) is 6.26 Å². The van der Waals surface area contributed by atoms with Crippen LogP contribution in [0.5, 0.6) is 0 Å². The molecule has 1 aliphatic heterocycles. The minimum Gasteiger partial charge on any atom is -0.363 e. The molecule has 0 bridgehead atoms. The third-order valence-electron chi connectivity index (χ3n) is 2.79. The number of anilines is 1. The van der Waals surface area contributed by atoms with Gasteiger partial charge in [-0.25, -0.2) is 0 Å². The average Bonchev–Trinajstić information content (AvgIpc) is 2.96. The number of amides is 1. The predicted molar refractivity (Wildman–Crippen MR) is 63.7 cm³/mol. The monoisotopic (exact) mass is 238 g/mol. The molecule has 0 aromatic carbocycles. The van der Waals surface area contributed by atoms with E-state index in [1.54, 1.807) is 6.07 Å². The molecule has 1 fully saturated rings. The Bertz CT molecular complexity index is 333. The summed E-state index contributed by atoms with van der Waals surface area (Å²) < 4.78 is 4.62. The van der Waals surface area contributed by atoms with Crippen molar-refractivity contribution in [3.8, 4) is 0 Å². The molecule has 0 radical (unpaired) electrons. The number of hydrogen-bond acceptors (Lipinski definition) is 5. The van der Waals surface area contributed by atoms with Crippen molar-refractivity contribution < 1.29 is 9.32 Å². The first-order valence-electron chi connectivity index (χ1n) is 5.98. The Morgan fingerprint density at radius 2 is 2.29 bits per heavy atom. The minimum absolute atomic E-state index is 0.0969. The first kappa shape index (κ1) is 12.1. The van der Waals surface area contributed by atoms with Gasteiger partial charge in [0.2, 0.25) is 5.91 Å². The molecule has 2 rings (SSSR count). The molecule has 94 valence electrons. The van der Waals surface area contributed by atoms with Gasteiger partial charge >= 0.3 is 0 Å². The number of aromatic nitrogens is 1. The molecule has 2 N–H and O–H groups in total. The first-order valence-corrected chi connectivity index (χ1v) is 5.98. The summed E-state index contributed by atoms with van der Waals surface area (Å²) in [6, 6.07) is 1.61. The molecule has 1 amide bonds. The highest BCUT2D eigenvalue weighted by atomic mass is 16.5. The summed E-state index contributed by atoms with van der Waals surface area (Å²) >= 11 is 0. The number of hydrogen-bond donors (Lipinski definition) is 2. The molecule has 2 heterocycles. The Morgan fingerprint density at radius 1 is 1.47 bits per heavy atom. The molecule has 6 heteroatoms. The summed E-state index contributed by atoms with van der Waals surface area (Å²) in [5, 5.41) is 9.35. The van der Waals surface area contributed by atoms with Gasteiger partial charge in [-0.1, -0.05) is 5.16 Å². The van der Waals surface area contributed by atoms with E-state index in [2.05, 4.69) is 25.2 Å². The summed E-state index contributed by atoms with van der Waals surface area (Å²) in [5.41, 5.74) is 0. The van der Waals surface area contributed by atoms with Gasteiger partial charge in [0.25, 0.3) is 0 Å². The summed E-state index contributed by atoms with van der Waals surface area (Å²) in [6.07, 6.45) is 4.02. The van der Waals surface area contributed by atoms with Crippen LogP contribution < -0.4 is 10.6 Å². The molecule has 17 heavy (non-hydrogen) atoms. The van der Waals surface area contributed by atoms with Crippen LogP contribution in [0.25, 0.3) is 0 Å². The summed E-state index contributed by atoms with van der Waals surface area (Å²) in [7, 11) is 0. The summed E-state index contributed by atoms with van der Waals surface area (Å²) in [6.45, 7) is 4.53. The Kier molecular flexibility index (Phi) is 4.52. The molecule has 0 unspecified atom stereocenters. The average molecular weight is 238 g/mol. The highest BCUT2D eigenvalue weighted by Crippen LogP contribution is 2.05. The minimum atomic E-state index is -0.0969. The fraction of sp³-hybridized carbons (Fsp3) is 0.636. The van der Waals surface area contributed by atoms with E-state index in [0.29, 0.717) is 12.4 Å². The van der Waals surface area contributed by atoms with Crippen molar-refractivity contribution in [3.05, 3.63) is 12.3 Å². The maximum Gasteiger partial charge on any atom is 0.239 e. The molecular formula is C11H18N4O2. The first-order chi connectivity index (χ1) is 8.34. The molecule has 6 nitrogen and oxygen atoms in total. The fourth-order valence-corrected chi connectivity index (χ4v) is 1.91. The molecular weight excluding hydrogens is 220 g/mol. The lowest BCUT2D eigenvalue weighted by Gasteiger charge is -2.14. The zero-order valence-corrected chi connectivity index (χ0v) is 9.82. The van der Waals surface area contributed by atoms with Crippen LogP contribution in [-0.2, 0) is 4.79 Å². The van der Waals surface area contributed by atoms with Gasteiger partial charge in [-0.05, 0) is 25.9 Å². The van der Waals surface area contributed by atoms with Gasteiger partial charge in [-0.2, -0.15) is 0 Å². The summed E-state index contributed by atoms with van der Waals surface area (Å²) in [4.78, 5) is 13.8. The molecule has 1 aromatic heterocycles. The SMILES string of the molecule is O=C(CNCCN1CCCC1)Nc1ccon1. The van der Waals surface area contributed by atoms with Crippen LogP contribution in [-0.4, -0.2) is 48.7 Å². The summed E-state index contributed by atoms with van der Waals surface area (Å²) in [5.74, 6) is 0.358. The highest BCUT2D eigenvalue weighted by molar-refractivity contribution is 5.91. The third kappa shape index (κ3) is 4.16. The lowest BCUT2D eigenvalue weighted by Crippen LogP contribution is -2.34. The van der Waals surface area contributed by atoms with Crippen LogP contribution >= 0.6 is 0 Å². The second-order valence-corrected chi connectivity index (χ2v) is 4.16. The van der Waals surface area contributed by atoms with E-state index in [1.807, 2.05) is 0 Å². The lowest BCUT2D eigenvalue weighted by molar-refractivity contribution is -0.115. The molecule has 1 aromatic rings. The van der Waals surface area contributed by atoms with E-state index in [0.717, 1.165) is 13.1 Å². The maximum atomic E-state index is 11.4. The Morgan fingerprint density at radius 3 is 3.00 bits per heavy atom. The van der Waals surface area contributed by atoms with Crippen molar-refractivity contribution >= 4 is 11.7 Å². The second-order valence-electron chi connectivity index (χ2n) is 4.16. The lowest BCUT2D eigenvalue weighted by atomic mass is 10.4. The normalized spacial score (nSPS) is 16.2. The Hall–Kier alpha value is -1.40. The van der Waals surface area contributed by atoms with Gasteiger partial charge in [0.15, 0.2) is 5.82 Å². The topological polar surface area (TPSA) is 70.4 Å². The molecule has 0 spiro atoms. The van der Waals surface area contributed by atoms with Gasteiger partial charge in [0.05, 0.1) is 6.54 Å². The van der Waals surface area contributed by atoms with Crippen molar-refractivity contribution in [2.75, 3.05) is 38.0 Å². The van der Waals surface area contributed by atoms with Crippen LogP contribution in [0.2, 0.25) is 0 Å². The van der Waals surface area contributed by atoms with Crippen molar-refractivity contribution in [2.45, 2.75) is 12.8 Å².